The summed E-state index contributed by atoms with van der Waals surface area (Å²) in [6.45, 7) is 0. The van der Waals surface area contributed by atoms with Crippen molar-refractivity contribution in [2.24, 2.45) is 0 Å². The second kappa shape index (κ2) is 8.81. The first-order valence-electron chi connectivity index (χ1n) is 9.10. The van der Waals surface area contributed by atoms with Crippen LogP contribution in [0.2, 0.25) is 0 Å². The molecule has 0 spiro atoms. The number of nitrogens with zero attached hydrogens (tertiary/aromatic N) is 2. The number of rotatable bonds is 4. The Morgan fingerprint density at radius 3 is 2.19 bits per heavy atom. The molecule has 1 N–H and O–H groups in total. The molecule has 0 amide bonds. The van der Waals surface area contributed by atoms with Crippen molar-refractivity contribution in [1.29, 1.82) is 10.5 Å². The van der Waals surface area contributed by atoms with E-state index < -0.39 is 41.5 Å². The quantitative estimate of drug-likeness (QED) is 0.481. The summed E-state index contributed by atoms with van der Waals surface area (Å²) in [6.07, 6.45) is -9.49. The van der Waals surface area contributed by atoms with Crippen molar-refractivity contribution in [3.63, 3.8) is 0 Å². The summed E-state index contributed by atoms with van der Waals surface area (Å²) < 4.78 is 80.6. The standard InChI is InChI=1S/C21H15F6N3S/c22-20(23,24)18-7-13(3-4-14(18)10-29)17-8-15(30-19(17)21(25,26)27)11-31-16-5-1-12(9-28)2-6-16/h1-7,15,17,19,30H,8,11H2/t15-,17?,19+/m0/s1. The topological polar surface area (TPSA) is 59.6 Å². The summed E-state index contributed by atoms with van der Waals surface area (Å²) in [4.78, 5) is 0.769. The fourth-order valence-electron chi connectivity index (χ4n) is 3.60. The van der Waals surface area contributed by atoms with Gasteiger partial charge in [0.25, 0.3) is 0 Å². The number of hydrogen-bond acceptors (Lipinski definition) is 4. The van der Waals surface area contributed by atoms with E-state index in [2.05, 4.69) is 5.32 Å². The lowest BCUT2D eigenvalue weighted by Crippen LogP contribution is -2.43. The second-order valence-corrected chi connectivity index (χ2v) is 8.18. The second-order valence-electron chi connectivity index (χ2n) is 7.09. The molecular formula is C21H15F6N3S. The minimum atomic E-state index is -4.84. The van der Waals surface area contributed by atoms with Gasteiger partial charge < -0.3 is 5.32 Å². The van der Waals surface area contributed by atoms with Crippen LogP contribution in [-0.4, -0.2) is 24.0 Å². The molecule has 0 aliphatic carbocycles. The van der Waals surface area contributed by atoms with Crippen LogP contribution >= 0.6 is 11.8 Å². The van der Waals surface area contributed by atoms with Crippen LogP contribution in [0.15, 0.2) is 47.4 Å². The number of hydrogen-bond donors (Lipinski definition) is 1. The Hall–Kier alpha value is -2.69. The highest BCUT2D eigenvalue weighted by atomic mass is 32.2. The Kier molecular flexibility index (Phi) is 6.54. The first-order valence-corrected chi connectivity index (χ1v) is 10.1. The molecule has 1 aliphatic heterocycles. The average Bonchev–Trinajstić information content (AvgIpc) is 3.16. The summed E-state index contributed by atoms with van der Waals surface area (Å²) in [5.74, 6) is -0.933. The van der Waals surface area contributed by atoms with Gasteiger partial charge in [-0.1, -0.05) is 6.07 Å². The summed E-state index contributed by atoms with van der Waals surface area (Å²) in [7, 11) is 0. The van der Waals surface area contributed by atoms with Crippen molar-refractivity contribution in [3.8, 4) is 12.1 Å². The van der Waals surface area contributed by atoms with Crippen molar-refractivity contribution in [2.45, 2.75) is 41.7 Å². The van der Waals surface area contributed by atoms with E-state index in [1.54, 1.807) is 24.3 Å². The highest BCUT2D eigenvalue weighted by molar-refractivity contribution is 7.99. The van der Waals surface area contributed by atoms with Gasteiger partial charge in [0.2, 0.25) is 0 Å². The number of benzene rings is 2. The summed E-state index contributed by atoms with van der Waals surface area (Å²) in [5, 5.41) is 20.2. The van der Waals surface area contributed by atoms with E-state index in [-0.39, 0.29) is 17.7 Å². The number of thioether (sulfide) groups is 1. The molecule has 0 radical (unpaired) electrons. The highest BCUT2D eigenvalue weighted by Crippen LogP contribution is 2.42. The molecule has 2 aromatic carbocycles. The zero-order valence-electron chi connectivity index (χ0n) is 15.8. The number of nitrogens with one attached hydrogen (secondary N) is 1. The summed E-state index contributed by atoms with van der Waals surface area (Å²) in [6, 6.07) is 10.1. The Bertz CT molecular complexity index is 1020. The van der Waals surface area contributed by atoms with Gasteiger partial charge in [0.15, 0.2) is 0 Å². The van der Waals surface area contributed by atoms with Crippen LogP contribution in [0.4, 0.5) is 26.3 Å². The number of halogens is 6. The summed E-state index contributed by atoms with van der Waals surface area (Å²) in [5.41, 5.74) is -1.50. The van der Waals surface area contributed by atoms with Gasteiger partial charge in [-0.3, -0.25) is 0 Å². The maximum atomic E-state index is 13.6. The van der Waals surface area contributed by atoms with Crippen LogP contribution in [0.25, 0.3) is 0 Å². The average molecular weight is 455 g/mol. The minimum absolute atomic E-state index is 0.00332. The van der Waals surface area contributed by atoms with Crippen molar-refractivity contribution in [3.05, 3.63) is 64.7 Å². The van der Waals surface area contributed by atoms with E-state index in [0.29, 0.717) is 11.6 Å². The first-order chi connectivity index (χ1) is 14.5. The smallest absolute Gasteiger partial charge is 0.302 e. The molecule has 0 aromatic heterocycles. The molecule has 1 heterocycles. The largest absolute Gasteiger partial charge is 0.417 e. The van der Waals surface area contributed by atoms with Gasteiger partial charge in [0.1, 0.15) is 6.04 Å². The molecule has 0 bridgehead atoms. The van der Waals surface area contributed by atoms with Gasteiger partial charge in [-0.05, 0) is 48.4 Å². The lowest BCUT2D eigenvalue weighted by molar-refractivity contribution is -0.155. The van der Waals surface area contributed by atoms with E-state index in [0.717, 1.165) is 17.0 Å². The molecule has 0 saturated carbocycles. The van der Waals surface area contributed by atoms with Crippen LogP contribution in [0.5, 0.6) is 0 Å². The van der Waals surface area contributed by atoms with Crippen molar-refractivity contribution >= 4 is 11.8 Å². The van der Waals surface area contributed by atoms with Gasteiger partial charge in [0.05, 0.1) is 28.8 Å². The Morgan fingerprint density at radius 2 is 1.65 bits per heavy atom. The molecule has 2 aromatic rings. The van der Waals surface area contributed by atoms with Gasteiger partial charge >= 0.3 is 12.4 Å². The molecule has 1 saturated heterocycles. The van der Waals surface area contributed by atoms with Crippen LogP contribution < -0.4 is 5.32 Å². The summed E-state index contributed by atoms with van der Waals surface area (Å²) >= 11 is 1.30. The van der Waals surface area contributed by atoms with E-state index in [1.165, 1.54) is 17.8 Å². The monoisotopic (exact) mass is 455 g/mol. The van der Waals surface area contributed by atoms with Crippen molar-refractivity contribution < 1.29 is 26.3 Å². The van der Waals surface area contributed by atoms with E-state index in [9.17, 15) is 26.3 Å². The Morgan fingerprint density at radius 1 is 0.968 bits per heavy atom. The van der Waals surface area contributed by atoms with E-state index in [4.69, 9.17) is 10.5 Å². The van der Waals surface area contributed by atoms with Crippen LogP contribution in [0.1, 0.15) is 34.6 Å². The molecule has 1 unspecified atom stereocenters. The van der Waals surface area contributed by atoms with Gasteiger partial charge in [-0.25, -0.2) is 0 Å². The van der Waals surface area contributed by atoms with E-state index in [1.807, 2.05) is 6.07 Å². The zero-order chi connectivity index (χ0) is 22.8. The molecule has 3 nitrogen and oxygen atoms in total. The molecule has 10 heteroatoms. The molecule has 1 aliphatic rings. The Labute approximate surface area is 178 Å². The predicted octanol–water partition coefficient (Wildman–Crippen LogP) is 5.62. The normalized spacial score (nSPS) is 21.5. The third-order valence-electron chi connectivity index (χ3n) is 5.04. The zero-order valence-corrected chi connectivity index (χ0v) is 16.6. The maximum absolute atomic E-state index is 13.6. The van der Waals surface area contributed by atoms with Gasteiger partial charge in [-0.15, -0.1) is 11.8 Å². The van der Waals surface area contributed by atoms with Crippen LogP contribution in [0.3, 0.4) is 0 Å². The number of alkyl halides is 6. The predicted molar refractivity (Wildman–Crippen MR) is 102 cm³/mol. The highest BCUT2D eigenvalue weighted by Gasteiger charge is 2.50. The third-order valence-corrected chi connectivity index (χ3v) is 6.22. The van der Waals surface area contributed by atoms with Gasteiger partial charge in [0, 0.05) is 22.6 Å². The first kappa shape index (κ1) is 23.0. The molecular weight excluding hydrogens is 440 g/mol. The van der Waals surface area contributed by atoms with E-state index >= 15 is 0 Å². The van der Waals surface area contributed by atoms with Crippen LogP contribution in [0, 0.1) is 22.7 Å². The molecule has 31 heavy (non-hydrogen) atoms. The van der Waals surface area contributed by atoms with Crippen molar-refractivity contribution in [2.75, 3.05) is 5.75 Å². The van der Waals surface area contributed by atoms with Gasteiger partial charge in [-0.2, -0.15) is 36.9 Å². The number of nitriles is 2. The maximum Gasteiger partial charge on any atom is 0.417 e. The third kappa shape index (κ3) is 5.33. The Balaban J connectivity index is 1.82. The fourth-order valence-corrected chi connectivity index (χ4v) is 4.55. The molecule has 3 atom stereocenters. The minimum Gasteiger partial charge on any atom is -0.302 e. The molecule has 1 fully saturated rings. The van der Waals surface area contributed by atoms with Crippen LogP contribution in [-0.2, 0) is 6.18 Å². The SMILES string of the molecule is N#Cc1ccc(SC[C@@H]2CC(c3ccc(C#N)c(C(F)(F)F)c3)[C@H](C(F)(F)F)N2)cc1. The lowest BCUT2D eigenvalue weighted by atomic mass is 9.88. The fraction of sp³-hybridized carbons (Fsp3) is 0.333. The lowest BCUT2D eigenvalue weighted by Gasteiger charge is -2.23. The molecule has 3 rings (SSSR count). The van der Waals surface area contributed by atoms with Crippen molar-refractivity contribution in [1.82, 2.24) is 5.32 Å². The molecule has 162 valence electrons.